The molecule has 0 heterocycles. The summed E-state index contributed by atoms with van der Waals surface area (Å²) in [5.41, 5.74) is -3.13. The summed E-state index contributed by atoms with van der Waals surface area (Å²) < 4.78 is 144. The van der Waals surface area contributed by atoms with Gasteiger partial charge in [0.15, 0.2) is 0 Å². The molecular formula is C17H17F11O. The molecule has 0 saturated heterocycles. The number of aliphatic hydroxyl groups is 1. The smallest absolute Gasteiger partial charge is 0.385 e. The first-order valence-electron chi connectivity index (χ1n) is 8.15. The molecule has 0 aromatic heterocycles. The lowest BCUT2D eigenvalue weighted by Gasteiger charge is -2.39. The van der Waals surface area contributed by atoms with Crippen LogP contribution in [0.25, 0.3) is 0 Å². The van der Waals surface area contributed by atoms with E-state index >= 15 is 0 Å². The molecule has 168 valence electrons. The van der Waals surface area contributed by atoms with Gasteiger partial charge in [0.1, 0.15) is 0 Å². The summed E-state index contributed by atoms with van der Waals surface area (Å²) in [5, 5.41) is 10.3. The lowest BCUT2D eigenvalue weighted by atomic mass is 9.82. The Morgan fingerprint density at radius 1 is 0.759 bits per heavy atom. The van der Waals surface area contributed by atoms with Crippen molar-refractivity contribution in [3.8, 4) is 0 Å². The minimum absolute atomic E-state index is 0.163. The standard InChI is InChI=1S/C17H17F11O/c1-3-6-10-7-4-5-8-11(10)12(2,29)9-13(18,19)14(20,21)15(22,23)16(24,25)17(26,27)28/h4-5,7-8,29H,3,6,9H2,1-2H3. The Balaban J connectivity index is 3.40. The predicted molar refractivity (Wildman–Crippen MR) is 80.5 cm³/mol. The summed E-state index contributed by atoms with van der Waals surface area (Å²) in [7, 11) is 0. The minimum Gasteiger partial charge on any atom is -0.385 e. The van der Waals surface area contributed by atoms with E-state index in [-0.39, 0.29) is 17.5 Å². The molecule has 0 aliphatic rings. The highest BCUT2D eigenvalue weighted by Gasteiger charge is 2.87. The molecule has 1 aromatic carbocycles. The Morgan fingerprint density at radius 2 is 1.24 bits per heavy atom. The molecule has 0 radical (unpaired) electrons. The fourth-order valence-electron chi connectivity index (χ4n) is 2.78. The van der Waals surface area contributed by atoms with Crippen molar-refractivity contribution in [2.45, 2.75) is 68.6 Å². The molecule has 1 atom stereocenters. The first-order valence-corrected chi connectivity index (χ1v) is 8.15. The van der Waals surface area contributed by atoms with Crippen LogP contribution in [-0.4, -0.2) is 35.0 Å². The summed E-state index contributed by atoms with van der Waals surface area (Å²) in [6.45, 7) is 2.19. The molecule has 0 aliphatic carbocycles. The molecule has 12 heteroatoms. The van der Waals surface area contributed by atoms with E-state index in [9.17, 15) is 53.4 Å². The van der Waals surface area contributed by atoms with E-state index in [0.29, 0.717) is 13.3 Å². The Hall–Kier alpha value is -1.59. The molecule has 1 N–H and O–H groups in total. The summed E-state index contributed by atoms with van der Waals surface area (Å²) >= 11 is 0. The Bertz CT molecular complexity index is 708. The van der Waals surface area contributed by atoms with E-state index in [1.54, 1.807) is 6.92 Å². The van der Waals surface area contributed by atoms with E-state index in [4.69, 9.17) is 0 Å². The van der Waals surface area contributed by atoms with Gasteiger partial charge in [-0.3, -0.25) is 0 Å². The van der Waals surface area contributed by atoms with Gasteiger partial charge >= 0.3 is 29.9 Å². The summed E-state index contributed by atoms with van der Waals surface area (Å²) in [5.74, 6) is -28.2. The Morgan fingerprint density at radius 3 is 1.69 bits per heavy atom. The highest BCUT2D eigenvalue weighted by Crippen LogP contribution is 2.59. The Labute approximate surface area is 158 Å². The molecule has 0 aliphatic heterocycles. The van der Waals surface area contributed by atoms with Gasteiger partial charge in [0.25, 0.3) is 0 Å². The van der Waals surface area contributed by atoms with Crippen molar-refractivity contribution < 1.29 is 53.4 Å². The molecule has 1 rings (SSSR count). The predicted octanol–water partition coefficient (Wildman–Crippen LogP) is 6.34. The molecule has 1 aromatic rings. The normalized spacial score (nSPS) is 16.6. The fraction of sp³-hybridized carbons (Fsp3) is 0.647. The average Bonchev–Trinajstić information content (AvgIpc) is 2.53. The molecular weight excluding hydrogens is 429 g/mol. The molecule has 29 heavy (non-hydrogen) atoms. The molecule has 1 unspecified atom stereocenters. The maximum atomic E-state index is 14.0. The number of aryl methyl sites for hydroxylation is 1. The number of hydrogen-bond donors (Lipinski definition) is 1. The van der Waals surface area contributed by atoms with Crippen LogP contribution in [0.1, 0.15) is 37.8 Å². The maximum absolute atomic E-state index is 14.0. The average molecular weight is 446 g/mol. The van der Waals surface area contributed by atoms with Crippen LogP contribution in [-0.2, 0) is 12.0 Å². The largest absolute Gasteiger partial charge is 0.460 e. The first-order chi connectivity index (χ1) is 12.8. The highest BCUT2D eigenvalue weighted by atomic mass is 19.4. The van der Waals surface area contributed by atoms with Gasteiger partial charge in [-0.2, -0.15) is 48.3 Å². The zero-order valence-corrected chi connectivity index (χ0v) is 15.0. The van der Waals surface area contributed by atoms with Crippen molar-refractivity contribution in [3.63, 3.8) is 0 Å². The third kappa shape index (κ3) is 4.31. The zero-order valence-electron chi connectivity index (χ0n) is 15.0. The van der Waals surface area contributed by atoms with Gasteiger partial charge in [0.05, 0.1) is 12.0 Å². The van der Waals surface area contributed by atoms with Crippen molar-refractivity contribution in [1.82, 2.24) is 0 Å². The molecule has 0 amide bonds. The molecule has 0 spiro atoms. The molecule has 0 saturated carbocycles. The number of benzene rings is 1. The van der Waals surface area contributed by atoms with E-state index < -0.39 is 41.9 Å². The molecule has 1 nitrogen and oxygen atoms in total. The second kappa shape index (κ2) is 7.59. The molecule has 0 bridgehead atoms. The number of alkyl halides is 11. The quantitative estimate of drug-likeness (QED) is 0.462. The van der Waals surface area contributed by atoms with Gasteiger partial charge in [0.2, 0.25) is 0 Å². The van der Waals surface area contributed by atoms with Gasteiger partial charge in [-0.1, -0.05) is 37.6 Å². The molecule has 0 fully saturated rings. The van der Waals surface area contributed by atoms with Gasteiger partial charge in [-0.05, 0) is 24.5 Å². The number of rotatable bonds is 8. The van der Waals surface area contributed by atoms with Crippen molar-refractivity contribution in [2.75, 3.05) is 0 Å². The van der Waals surface area contributed by atoms with E-state index in [1.807, 2.05) is 0 Å². The van der Waals surface area contributed by atoms with Crippen LogP contribution in [0.5, 0.6) is 0 Å². The minimum atomic E-state index is -7.49. The van der Waals surface area contributed by atoms with Crippen LogP contribution in [0.4, 0.5) is 48.3 Å². The van der Waals surface area contributed by atoms with Crippen molar-refractivity contribution in [3.05, 3.63) is 35.4 Å². The highest BCUT2D eigenvalue weighted by molar-refractivity contribution is 5.32. The first kappa shape index (κ1) is 25.4. The van der Waals surface area contributed by atoms with Crippen LogP contribution in [0.3, 0.4) is 0 Å². The summed E-state index contributed by atoms with van der Waals surface area (Å²) in [6.07, 6.45) is -9.17. The van der Waals surface area contributed by atoms with Gasteiger partial charge in [0, 0.05) is 0 Å². The van der Waals surface area contributed by atoms with Crippen molar-refractivity contribution >= 4 is 0 Å². The zero-order chi connectivity index (χ0) is 23.1. The summed E-state index contributed by atoms with van der Waals surface area (Å²) in [4.78, 5) is 0. The van der Waals surface area contributed by atoms with Crippen LogP contribution < -0.4 is 0 Å². The van der Waals surface area contributed by atoms with Crippen LogP contribution in [0.15, 0.2) is 24.3 Å². The Kier molecular flexibility index (Phi) is 6.66. The lowest BCUT2D eigenvalue weighted by molar-refractivity contribution is -0.424. The van der Waals surface area contributed by atoms with Gasteiger partial charge in [-0.15, -0.1) is 0 Å². The van der Waals surface area contributed by atoms with Crippen LogP contribution >= 0.6 is 0 Å². The third-order valence-electron chi connectivity index (χ3n) is 4.29. The van der Waals surface area contributed by atoms with E-state index in [2.05, 4.69) is 0 Å². The monoisotopic (exact) mass is 446 g/mol. The number of hydrogen-bond acceptors (Lipinski definition) is 1. The van der Waals surface area contributed by atoms with Gasteiger partial charge < -0.3 is 5.11 Å². The van der Waals surface area contributed by atoms with Crippen LogP contribution in [0.2, 0.25) is 0 Å². The maximum Gasteiger partial charge on any atom is 0.460 e. The van der Waals surface area contributed by atoms with Gasteiger partial charge in [-0.25, -0.2) is 0 Å². The SMILES string of the molecule is CCCc1ccccc1C(C)(O)CC(F)(F)C(F)(F)C(F)(F)C(F)(F)C(F)(F)F. The summed E-state index contributed by atoms with van der Waals surface area (Å²) in [6, 6.07) is 4.98. The van der Waals surface area contributed by atoms with E-state index in [0.717, 1.165) is 6.07 Å². The van der Waals surface area contributed by atoms with E-state index in [1.165, 1.54) is 18.2 Å². The van der Waals surface area contributed by atoms with Crippen LogP contribution in [0, 0.1) is 0 Å². The second-order valence-corrected chi connectivity index (χ2v) is 6.78. The van der Waals surface area contributed by atoms with Crippen molar-refractivity contribution in [1.29, 1.82) is 0 Å². The second-order valence-electron chi connectivity index (χ2n) is 6.78. The number of halogens is 11. The fourth-order valence-corrected chi connectivity index (χ4v) is 2.78. The third-order valence-corrected chi connectivity index (χ3v) is 4.29. The lowest BCUT2D eigenvalue weighted by Crippen LogP contribution is -2.67. The topological polar surface area (TPSA) is 20.2 Å². The van der Waals surface area contributed by atoms with Crippen molar-refractivity contribution in [2.24, 2.45) is 0 Å².